The van der Waals surface area contributed by atoms with Crippen molar-refractivity contribution >= 4 is 0 Å². The molecule has 1 aliphatic heterocycles. The van der Waals surface area contributed by atoms with Crippen molar-refractivity contribution in [3.05, 3.63) is 84.4 Å². The van der Waals surface area contributed by atoms with Crippen molar-refractivity contribution in [3.63, 3.8) is 0 Å². The van der Waals surface area contributed by atoms with Gasteiger partial charge in [0.25, 0.3) is 0 Å². The highest BCUT2D eigenvalue weighted by Crippen LogP contribution is 2.54. The van der Waals surface area contributed by atoms with Gasteiger partial charge < -0.3 is 9.47 Å². The lowest BCUT2D eigenvalue weighted by atomic mass is 9.82. The molecule has 1 fully saturated rings. The molecule has 3 rings (SSSR count). The molecule has 2 unspecified atom stereocenters. The summed E-state index contributed by atoms with van der Waals surface area (Å²) in [5, 5.41) is 0. The van der Waals surface area contributed by atoms with Crippen LogP contribution in [0.15, 0.2) is 73.3 Å². The number of morpholine rings is 1. The first-order valence-electron chi connectivity index (χ1n) is 9.91. The smallest absolute Gasteiger partial charge is 0.345 e. The summed E-state index contributed by atoms with van der Waals surface area (Å²) in [6.07, 6.45) is -12.8. The Morgan fingerprint density at radius 3 is 2.06 bits per heavy atom. The predicted octanol–water partition coefficient (Wildman–Crippen LogP) is 5.82. The molecule has 32 heavy (non-hydrogen) atoms. The Bertz CT molecular complexity index is 887. The Morgan fingerprint density at radius 1 is 1.00 bits per heavy atom. The minimum absolute atomic E-state index is 0.276. The van der Waals surface area contributed by atoms with Crippen molar-refractivity contribution in [1.82, 2.24) is 4.90 Å². The molecule has 0 saturated carbocycles. The second-order valence-corrected chi connectivity index (χ2v) is 7.53. The fourth-order valence-corrected chi connectivity index (χ4v) is 4.18. The summed E-state index contributed by atoms with van der Waals surface area (Å²) >= 11 is 0. The van der Waals surface area contributed by atoms with E-state index in [0.29, 0.717) is 10.5 Å². The molecule has 0 amide bonds. The van der Waals surface area contributed by atoms with Crippen molar-refractivity contribution in [2.24, 2.45) is 0 Å². The summed E-state index contributed by atoms with van der Waals surface area (Å²) in [5.74, 6) is 0. The van der Waals surface area contributed by atoms with Crippen LogP contribution < -0.4 is 0 Å². The van der Waals surface area contributed by atoms with Crippen LogP contribution in [0.3, 0.4) is 0 Å². The topological polar surface area (TPSA) is 21.7 Å². The summed E-state index contributed by atoms with van der Waals surface area (Å²) in [5.41, 5.74) is -3.07. The number of alkyl halides is 6. The van der Waals surface area contributed by atoms with E-state index in [-0.39, 0.29) is 6.61 Å². The SMILES string of the molecule is C=CCN1C(C(F)(F)F)[C@@H](C)OC(OCc2ccccc2)[C@]1(c1ccccc1)C(F)(F)F. The van der Waals surface area contributed by atoms with E-state index in [9.17, 15) is 26.3 Å². The number of ether oxygens (including phenoxy) is 2. The minimum atomic E-state index is -5.18. The van der Waals surface area contributed by atoms with Crippen LogP contribution in [-0.4, -0.2) is 42.2 Å². The van der Waals surface area contributed by atoms with E-state index in [2.05, 4.69) is 6.58 Å². The molecule has 3 nitrogen and oxygen atoms in total. The van der Waals surface area contributed by atoms with Gasteiger partial charge in [-0.1, -0.05) is 66.7 Å². The first kappa shape index (κ1) is 24.3. The van der Waals surface area contributed by atoms with Gasteiger partial charge in [0, 0.05) is 6.54 Å². The summed E-state index contributed by atoms with van der Waals surface area (Å²) in [6.45, 7) is 3.53. The quantitative estimate of drug-likeness (QED) is 0.401. The maximum Gasteiger partial charge on any atom is 0.416 e. The number of halogens is 6. The Kier molecular flexibility index (Phi) is 7.02. The molecule has 9 heteroatoms. The molecule has 0 aliphatic carbocycles. The highest BCUT2D eigenvalue weighted by molar-refractivity contribution is 5.30. The second-order valence-electron chi connectivity index (χ2n) is 7.53. The van der Waals surface area contributed by atoms with Gasteiger partial charge in [0.1, 0.15) is 6.04 Å². The maximum absolute atomic E-state index is 14.9. The Morgan fingerprint density at radius 2 is 1.56 bits per heavy atom. The fraction of sp³-hybridized carbons (Fsp3) is 0.391. The zero-order valence-electron chi connectivity index (χ0n) is 17.2. The molecule has 0 spiro atoms. The summed E-state index contributed by atoms with van der Waals surface area (Å²) in [4.78, 5) is 0.360. The molecule has 0 bridgehead atoms. The van der Waals surface area contributed by atoms with Crippen molar-refractivity contribution < 1.29 is 35.8 Å². The van der Waals surface area contributed by atoms with E-state index in [1.54, 1.807) is 30.3 Å². The molecule has 2 aromatic rings. The van der Waals surface area contributed by atoms with E-state index >= 15 is 0 Å². The molecule has 0 radical (unpaired) electrons. The van der Waals surface area contributed by atoms with Crippen LogP contribution in [0.4, 0.5) is 26.3 Å². The average molecular weight is 459 g/mol. The molecule has 0 N–H and O–H groups in total. The van der Waals surface area contributed by atoms with Crippen LogP contribution >= 0.6 is 0 Å². The van der Waals surface area contributed by atoms with Crippen molar-refractivity contribution in [3.8, 4) is 0 Å². The lowest BCUT2D eigenvalue weighted by Gasteiger charge is -2.56. The van der Waals surface area contributed by atoms with Crippen molar-refractivity contribution in [1.29, 1.82) is 0 Å². The van der Waals surface area contributed by atoms with E-state index in [1.807, 2.05) is 0 Å². The van der Waals surface area contributed by atoms with Gasteiger partial charge in [0.05, 0.1) is 12.7 Å². The third kappa shape index (κ3) is 4.42. The van der Waals surface area contributed by atoms with Gasteiger partial charge in [0.2, 0.25) is 0 Å². The van der Waals surface area contributed by atoms with Crippen LogP contribution in [0.1, 0.15) is 18.1 Å². The first-order valence-corrected chi connectivity index (χ1v) is 9.91. The zero-order valence-corrected chi connectivity index (χ0v) is 17.2. The zero-order chi connectivity index (χ0) is 23.6. The normalized spacial score (nSPS) is 27.3. The number of hydrogen-bond donors (Lipinski definition) is 0. The van der Waals surface area contributed by atoms with Crippen LogP contribution in [-0.2, 0) is 21.6 Å². The number of rotatable bonds is 6. The third-order valence-corrected chi connectivity index (χ3v) is 5.46. The van der Waals surface area contributed by atoms with E-state index in [1.165, 1.54) is 18.2 Å². The second kappa shape index (κ2) is 9.25. The molecular formula is C23H23F6NO2. The number of benzene rings is 2. The number of hydrogen-bond acceptors (Lipinski definition) is 3. The molecule has 174 valence electrons. The van der Waals surface area contributed by atoms with E-state index < -0.39 is 48.4 Å². The van der Waals surface area contributed by atoms with Crippen LogP contribution in [0.2, 0.25) is 0 Å². The highest BCUT2D eigenvalue weighted by atomic mass is 19.4. The Hall–Kier alpha value is -2.36. The molecule has 2 aromatic carbocycles. The van der Waals surface area contributed by atoms with Gasteiger partial charge >= 0.3 is 12.4 Å². The molecule has 1 heterocycles. The molecule has 0 aromatic heterocycles. The van der Waals surface area contributed by atoms with Crippen LogP contribution in [0.25, 0.3) is 0 Å². The van der Waals surface area contributed by atoms with Crippen molar-refractivity contribution in [2.45, 2.75) is 49.9 Å². The molecule has 1 aliphatic rings. The molecule has 4 atom stereocenters. The standard InChI is InChI=1S/C23H23F6NO2/c1-3-14-30-19(22(24,25)26)16(2)32-20(31-15-17-10-6-4-7-11-17)21(30,23(27,28)29)18-12-8-5-9-13-18/h3-13,16,19-20H,1,14-15H2,2H3/t16-,19?,20?,21-/m1/s1. The monoisotopic (exact) mass is 459 g/mol. The first-order chi connectivity index (χ1) is 15.0. The molecular weight excluding hydrogens is 436 g/mol. The summed E-state index contributed by atoms with van der Waals surface area (Å²) < 4.78 is 97.8. The van der Waals surface area contributed by atoms with E-state index in [4.69, 9.17) is 9.47 Å². The van der Waals surface area contributed by atoms with Gasteiger partial charge in [0.15, 0.2) is 11.8 Å². The largest absolute Gasteiger partial charge is 0.416 e. The van der Waals surface area contributed by atoms with Crippen LogP contribution in [0.5, 0.6) is 0 Å². The third-order valence-electron chi connectivity index (χ3n) is 5.46. The summed E-state index contributed by atoms with van der Waals surface area (Å²) in [6, 6.07) is 12.3. The fourth-order valence-electron chi connectivity index (χ4n) is 4.18. The summed E-state index contributed by atoms with van der Waals surface area (Å²) in [7, 11) is 0. The van der Waals surface area contributed by atoms with Gasteiger partial charge in [-0.3, -0.25) is 4.90 Å². The minimum Gasteiger partial charge on any atom is -0.345 e. The highest BCUT2D eigenvalue weighted by Gasteiger charge is 2.72. The van der Waals surface area contributed by atoms with Gasteiger partial charge in [-0.15, -0.1) is 6.58 Å². The van der Waals surface area contributed by atoms with Gasteiger partial charge in [-0.2, -0.15) is 26.3 Å². The predicted molar refractivity (Wildman–Crippen MR) is 106 cm³/mol. The number of nitrogens with zero attached hydrogens (tertiary/aromatic N) is 1. The maximum atomic E-state index is 14.9. The van der Waals surface area contributed by atoms with Gasteiger partial charge in [-0.05, 0) is 18.1 Å². The van der Waals surface area contributed by atoms with Crippen molar-refractivity contribution in [2.75, 3.05) is 6.54 Å². The molecule has 1 saturated heterocycles. The van der Waals surface area contributed by atoms with Crippen LogP contribution in [0, 0.1) is 0 Å². The Balaban J connectivity index is 2.20. The van der Waals surface area contributed by atoms with E-state index in [0.717, 1.165) is 25.1 Å². The Labute approximate surface area is 182 Å². The van der Waals surface area contributed by atoms with Gasteiger partial charge in [-0.25, -0.2) is 0 Å². The average Bonchev–Trinajstić information content (AvgIpc) is 2.72. The lowest BCUT2D eigenvalue weighted by Crippen LogP contribution is -2.74. The lowest BCUT2D eigenvalue weighted by molar-refractivity contribution is -0.393.